The van der Waals surface area contributed by atoms with Gasteiger partial charge in [-0.2, -0.15) is 0 Å². The summed E-state index contributed by atoms with van der Waals surface area (Å²) in [6.45, 7) is 8.13. The van der Waals surface area contributed by atoms with Crippen molar-refractivity contribution < 1.29 is 4.39 Å². The molecule has 0 saturated carbocycles. The summed E-state index contributed by atoms with van der Waals surface area (Å²) < 4.78 is 14.3. The molecular formula is C18H29FN2. The first kappa shape index (κ1) is 16.3. The topological polar surface area (TPSA) is 15.3 Å². The van der Waals surface area contributed by atoms with Crippen LogP contribution in [0.4, 0.5) is 10.1 Å². The maximum atomic E-state index is 14.3. The number of nitrogens with zero attached hydrogens (tertiary/aromatic N) is 1. The van der Waals surface area contributed by atoms with Crippen molar-refractivity contribution in [2.45, 2.75) is 52.5 Å². The molecular weight excluding hydrogens is 263 g/mol. The second-order valence-electron chi connectivity index (χ2n) is 6.14. The molecule has 21 heavy (non-hydrogen) atoms. The van der Waals surface area contributed by atoms with Gasteiger partial charge in [-0.1, -0.05) is 38.8 Å². The third-order valence-electron chi connectivity index (χ3n) is 4.44. The van der Waals surface area contributed by atoms with E-state index in [9.17, 15) is 4.39 Å². The summed E-state index contributed by atoms with van der Waals surface area (Å²) in [5, 5.41) is 3.39. The third kappa shape index (κ3) is 4.44. The Kier molecular flexibility index (Phi) is 6.50. The van der Waals surface area contributed by atoms with Crippen molar-refractivity contribution in [2.24, 2.45) is 5.92 Å². The summed E-state index contributed by atoms with van der Waals surface area (Å²) in [6.07, 6.45) is 6.08. The minimum absolute atomic E-state index is 0.0697. The van der Waals surface area contributed by atoms with Gasteiger partial charge in [-0.3, -0.25) is 0 Å². The van der Waals surface area contributed by atoms with Crippen LogP contribution in [0.15, 0.2) is 18.2 Å². The van der Waals surface area contributed by atoms with Gasteiger partial charge in [0.25, 0.3) is 0 Å². The maximum absolute atomic E-state index is 14.3. The Hall–Kier alpha value is -1.09. The van der Waals surface area contributed by atoms with Gasteiger partial charge in [-0.05, 0) is 43.4 Å². The van der Waals surface area contributed by atoms with Crippen LogP contribution in [0.2, 0.25) is 0 Å². The minimum atomic E-state index is -0.0697. The van der Waals surface area contributed by atoms with Gasteiger partial charge in [0, 0.05) is 19.6 Å². The van der Waals surface area contributed by atoms with Crippen molar-refractivity contribution in [1.29, 1.82) is 0 Å². The predicted molar refractivity (Wildman–Crippen MR) is 88.2 cm³/mol. The summed E-state index contributed by atoms with van der Waals surface area (Å²) in [7, 11) is 0. The molecule has 2 nitrogen and oxygen atoms in total. The second-order valence-corrected chi connectivity index (χ2v) is 6.14. The number of nitrogens with one attached hydrogen (secondary N) is 1. The first-order chi connectivity index (χ1) is 10.3. The van der Waals surface area contributed by atoms with E-state index in [-0.39, 0.29) is 5.82 Å². The van der Waals surface area contributed by atoms with Gasteiger partial charge in [-0.15, -0.1) is 0 Å². The number of anilines is 1. The molecule has 118 valence electrons. The molecule has 0 atom stereocenters. The fourth-order valence-corrected chi connectivity index (χ4v) is 3.31. The number of rotatable bonds is 7. The first-order valence-corrected chi connectivity index (χ1v) is 8.49. The lowest BCUT2D eigenvalue weighted by atomic mass is 9.92. The molecule has 0 radical (unpaired) electrons. The fraction of sp³-hybridized carbons (Fsp3) is 0.667. The fourth-order valence-electron chi connectivity index (χ4n) is 3.31. The average Bonchev–Trinajstić information content (AvgIpc) is 2.49. The van der Waals surface area contributed by atoms with Crippen LogP contribution in [0, 0.1) is 11.7 Å². The number of hydrogen-bond donors (Lipinski definition) is 1. The summed E-state index contributed by atoms with van der Waals surface area (Å²) in [6, 6.07) is 5.47. The van der Waals surface area contributed by atoms with Gasteiger partial charge in [-0.25, -0.2) is 4.39 Å². The third-order valence-corrected chi connectivity index (χ3v) is 4.44. The number of para-hydroxylation sites is 1. The molecule has 1 aromatic rings. The average molecular weight is 292 g/mol. The van der Waals surface area contributed by atoms with E-state index in [2.05, 4.69) is 30.1 Å². The van der Waals surface area contributed by atoms with Gasteiger partial charge >= 0.3 is 0 Å². The van der Waals surface area contributed by atoms with Crippen molar-refractivity contribution in [3.63, 3.8) is 0 Å². The van der Waals surface area contributed by atoms with Crippen LogP contribution in [0.25, 0.3) is 0 Å². The van der Waals surface area contributed by atoms with Gasteiger partial charge in [0.05, 0.1) is 5.69 Å². The molecule has 1 aliphatic heterocycles. The molecule has 2 rings (SSSR count). The van der Waals surface area contributed by atoms with Crippen LogP contribution >= 0.6 is 0 Å². The maximum Gasteiger partial charge on any atom is 0.146 e. The van der Waals surface area contributed by atoms with E-state index in [1.54, 1.807) is 6.07 Å². The second kappa shape index (κ2) is 8.38. The smallest absolute Gasteiger partial charge is 0.146 e. The van der Waals surface area contributed by atoms with Gasteiger partial charge < -0.3 is 10.2 Å². The molecule has 1 fully saturated rings. The Labute approximate surface area is 128 Å². The van der Waals surface area contributed by atoms with Crippen LogP contribution in [-0.4, -0.2) is 19.6 Å². The SMILES string of the molecule is CCCNCc1cccc(F)c1N1CCC(CCC)CC1. The van der Waals surface area contributed by atoms with Crippen molar-refractivity contribution >= 4 is 5.69 Å². The number of hydrogen-bond acceptors (Lipinski definition) is 2. The van der Waals surface area contributed by atoms with E-state index in [0.717, 1.165) is 49.8 Å². The Morgan fingerprint density at radius 3 is 2.62 bits per heavy atom. The van der Waals surface area contributed by atoms with E-state index in [4.69, 9.17) is 0 Å². The Balaban J connectivity index is 2.04. The molecule has 1 N–H and O–H groups in total. The van der Waals surface area contributed by atoms with Crippen LogP contribution in [0.1, 0.15) is 51.5 Å². The molecule has 1 saturated heterocycles. The van der Waals surface area contributed by atoms with Crippen LogP contribution < -0.4 is 10.2 Å². The van der Waals surface area contributed by atoms with Crippen molar-refractivity contribution in [2.75, 3.05) is 24.5 Å². The molecule has 0 aromatic heterocycles. The zero-order valence-electron chi connectivity index (χ0n) is 13.5. The van der Waals surface area contributed by atoms with Crippen LogP contribution in [0.3, 0.4) is 0 Å². The van der Waals surface area contributed by atoms with Gasteiger partial charge in [0.15, 0.2) is 0 Å². The molecule has 1 aromatic carbocycles. The molecule has 0 spiro atoms. The van der Waals surface area contributed by atoms with E-state index < -0.39 is 0 Å². The Morgan fingerprint density at radius 1 is 1.19 bits per heavy atom. The van der Waals surface area contributed by atoms with E-state index >= 15 is 0 Å². The molecule has 0 aliphatic carbocycles. The monoisotopic (exact) mass is 292 g/mol. The highest BCUT2D eigenvalue weighted by molar-refractivity contribution is 5.55. The Morgan fingerprint density at radius 2 is 1.95 bits per heavy atom. The number of halogens is 1. The standard InChI is InChI=1S/C18H29FN2/c1-3-6-15-9-12-21(13-10-15)18-16(14-20-11-4-2)7-5-8-17(18)19/h5,7-8,15,20H,3-4,6,9-14H2,1-2H3. The van der Waals surface area contributed by atoms with Gasteiger partial charge in [0.2, 0.25) is 0 Å². The van der Waals surface area contributed by atoms with Crippen molar-refractivity contribution in [3.8, 4) is 0 Å². The molecule has 1 heterocycles. The quantitative estimate of drug-likeness (QED) is 0.752. The molecule has 0 amide bonds. The zero-order chi connectivity index (χ0) is 15.1. The predicted octanol–water partition coefficient (Wildman–Crippen LogP) is 4.34. The first-order valence-electron chi connectivity index (χ1n) is 8.49. The molecule has 1 aliphatic rings. The van der Waals surface area contributed by atoms with Gasteiger partial charge in [0.1, 0.15) is 5.82 Å². The van der Waals surface area contributed by atoms with E-state index in [1.165, 1.54) is 25.7 Å². The Bertz CT molecular complexity index is 425. The van der Waals surface area contributed by atoms with Crippen LogP contribution in [0.5, 0.6) is 0 Å². The van der Waals surface area contributed by atoms with E-state index in [1.807, 2.05) is 6.07 Å². The minimum Gasteiger partial charge on any atom is -0.369 e. The number of benzene rings is 1. The lowest BCUT2D eigenvalue weighted by molar-refractivity contribution is 0.376. The lowest BCUT2D eigenvalue weighted by Gasteiger charge is -2.35. The van der Waals surface area contributed by atoms with E-state index in [0.29, 0.717) is 0 Å². The molecule has 0 bridgehead atoms. The summed E-state index contributed by atoms with van der Waals surface area (Å²) in [4.78, 5) is 2.25. The van der Waals surface area contributed by atoms with Crippen LogP contribution in [-0.2, 0) is 6.54 Å². The summed E-state index contributed by atoms with van der Waals surface area (Å²) in [5.74, 6) is 0.763. The molecule has 0 unspecified atom stereocenters. The van der Waals surface area contributed by atoms with Crippen molar-refractivity contribution in [1.82, 2.24) is 5.32 Å². The molecule has 3 heteroatoms. The van der Waals surface area contributed by atoms with Crippen molar-refractivity contribution in [3.05, 3.63) is 29.6 Å². The summed E-state index contributed by atoms with van der Waals surface area (Å²) >= 11 is 0. The number of piperidine rings is 1. The largest absolute Gasteiger partial charge is 0.369 e. The normalized spacial score (nSPS) is 16.4. The highest BCUT2D eigenvalue weighted by Gasteiger charge is 2.22. The lowest BCUT2D eigenvalue weighted by Crippen LogP contribution is -2.35. The zero-order valence-corrected chi connectivity index (χ0v) is 13.5. The highest BCUT2D eigenvalue weighted by atomic mass is 19.1. The highest BCUT2D eigenvalue weighted by Crippen LogP contribution is 2.30. The summed E-state index contributed by atoms with van der Waals surface area (Å²) in [5.41, 5.74) is 1.92.